The Labute approximate surface area is 227 Å². The predicted molar refractivity (Wildman–Crippen MR) is 133 cm³/mol. The van der Waals surface area contributed by atoms with E-state index in [1.54, 1.807) is 6.92 Å². The summed E-state index contributed by atoms with van der Waals surface area (Å²) in [5.41, 5.74) is -2.05. The minimum atomic E-state index is -4.92. The van der Waals surface area contributed by atoms with E-state index in [1.165, 1.54) is 22.7 Å². The summed E-state index contributed by atoms with van der Waals surface area (Å²) >= 11 is 6.30. The zero-order valence-corrected chi connectivity index (χ0v) is 21.0. The van der Waals surface area contributed by atoms with Crippen LogP contribution in [0.3, 0.4) is 0 Å². The molecule has 1 unspecified atom stereocenters. The van der Waals surface area contributed by atoms with E-state index >= 15 is 0 Å². The summed E-state index contributed by atoms with van der Waals surface area (Å²) in [5.74, 6) is -4.33. The highest BCUT2D eigenvalue weighted by molar-refractivity contribution is 6.31. The molecule has 3 N–H and O–H groups in total. The van der Waals surface area contributed by atoms with Crippen LogP contribution in [-0.2, 0) is 6.18 Å². The van der Waals surface area contributed by atoms with Gasteiger partial charge in [0.25, 0.3) is 17.7 Å². The molecular formula is C26H17ClF5N5O3. The predicted octanol–water partition coefficient (Wildman–Crippen LogP) is 5.12. The van der Waals surface area contributed by atoms with E-state index in [1.807, 2.05) is 0 Å². The minimum absolute atomic E-state index is 0.0339. The van der Waals surface area contributed by atoms with Crippen molar-refractivity contribution in [1.82, 2.24) is 20.0 Å². The lowest BCUT2D eigenvalue weighted by molar-refractivity contribution is -0.137. The third kappa shape index (κ3) is 4.83. The van der Waals surface area contributed by atoms with E-state index < -0.39 is 52.7 Å². The molecule has 3 heterocycles. The van der Waals surface area contributed by atoms with Crippen molar-refractivity contribution >= 4 is 40.7 Å². The Morgan fingerprint density at radius 3 is 2.52 bits per heavy atom. The molecule has 5 rings (SSSR count). The number of carbonyl (C=O) groups is 3. The Balaban J connectivity index is 1.69. The normalized spacial score (nSPS) is 14.7. The summed E-state index contributed by atoms with van der Waals surface area (Å²) in [6, 6.07) is 4.96. The lowest BCUT2D eigenvalue weighted by Crippen LogP contribution is -2.23. The molecule has 2 aromatic carbocycles. The highest BCUT2D eigenvalue weighted by atomic mass is 35.5. The van der Waals surface area contributed by atoms with Crippen molar-refractivity contribution in [1.29, 1.82) is 0 Å². The number of pyridine rings is 1. The van der Waals surface area contributed by atoms with Gasteiger partial charge in [-0.05, 0) is 43.3 Å². The van der Waals surface area contributed by atoms with Crippen LogP contribution >= 0.6 is 11.6 Å². The maximum atomic E-state index is 14.2. The second-order valence-electron chi connectivity index (χ2n) is 8.79. The molecule has 0 fully saturated rings. The molecule has 0 saturated heterocycles. The largest absolute Gasteiger partial charge is 0.416 e. The molecule has 0 spiro atoms. The van der Waals surface area contributed by atoms with E-state index in [2.05, 4.69) is 20.9 Å². The smallest absolute Gasteiger partial charge is 0.351 e. The molecule has 3 amide bonds. The van der Waals surface area contributed by atoms with Crippen LogP contribution in [0, 0.1) is 11.6 Å². The summed E-state index contributed by atoms with van der Waals surface area (Å²) in [7, 11) is 0. The Morgan fingerprint density at radius 2 is 1.82 bits per heavy atom. The number of fused-ring (bicyclic) bond motifs is 3. The van der Waals surface area contributed by atoms with Crippen molar-refractivity contribution in [3.63, 3.8) is 0 Å². The number of hydrogen-bond donors (Lipinski definition) is 3. The Morgan fingerprint density at radius 1 is 1.07 bits per heavy atom. The van der Waals surface area contributed by atoms with Crippen LogP contribution in [0.15, 0.2) is 48.7 Å². The number of anilines is 1. The molecular weight excluding hydrogens is 561 g/mol. The number of nitrogens with zero attached hydrogens (tertiary/aromatic N) is 2. The molecule has 1 aliphatic heterocycles. The van der Waals surface area contributed by atoms with Gasteiger partial charge in [0.05, 0.1) is 17.3 Å². The summed E-state index contributed by atoms with van der Waals surface area (Å²) in [6.07, 6.45) is -3.62. The van der Waals surface area contributed by atoms with Gasteiger partial charge in [0, 0.05) is 40.5 Å². The number of amides is 3. The molecule has 14 heteroatoms. The van der Waals surface area contributed by atoms with Gasteiger partial charge in [-0.25, -0.2) is 13.8 Å². The molecule has 1 atom stereocenters. The quantitative estimate of drug-likeness (QED) is 0.286. The summed E-state index contributed by atoms with van der Waals surface area (Å²) in [4.78, 5) is 42.9. The van der Waals surface area contributed by atoms with Crippen LogP contribution in [0.4, 0.5) is 27.6 Å². The number of benzene rings is 2. The number of aromatic nitrogens is 2. The zero-order chi connectivity index (χ0) is 28.9. The van der Waals surface area contributed by atoms with Gasteiger partial charge in [0.15, 0.2) is 0 Å². The van der Waals surface area contributed by atoms with Gasteiger partial charge in [-0.1, -0.05) is 11.6 Å². The first-order valence-electron chi connectivity index (χ1n) is 11.7. The van der Waals surface area contributed by atoms with Crippen LogP contribution in [0.2, 0.25) is 5.02 Å². The summed E-state index contributed by atoms with van der Waals surface area (Å²) in [5, 5.41) is 7.71. The topological polar surface area (TPSA) is 105 Å². The molecule has 206 valence electrons. The fourth-order valence-corrected chi connectivity index (χ4v) is 4.67. The summed E-state index contributed by atoms with van der Waals surface area (Å²) < 4.78 is 69.2. The molecule has 0 radical (unpaired) electrons. The average Bonchev–Trinajstić information content (AvgIpc) is 3.46. The molecule has 8 nitrogen and oxygen atoms in total. The number of halogens is 6. The monoisotopic (exact) mass is 577 g/mol. The van der Waals surface area contributed by atoms with Gasteiger partial charge in [0.2, 0.25) is 0 Å². The SMILES string of the molecule is CCNC(=O)c1cn2c3c(c(NC(=O)c4cc(F)cc(C(F)(F)F)c4)cc2n1)C(c1cc(F)ccc1Cl)NC3=O. The van der Waals surface area contributed by atoms with E-state index in [0.717, 1.165) is 12.1 Å². The molecule has 2 aromatic heterocycles. The van der Waals surface area contributed by atoms with Gasteiger partial charge < -0.3 is 16.0 Å². The van der Waals surface area contributed by atoms with E-state index in [0.29, 0.717) is 18.7 Å². The second-order valence-corrected chi connectivity index (χ2v) is 9.19. The Hall–Kier alpha value is -4.52. The van der Waals surface area contributed by atoms with Crippen LogP contribution in [-0.4, -0.2) is 33.7 Å². The van der Waals surface area contributed by atoms with Gasteiger partial charge >= 0.3 is 6.18 Å². The highest BCUT2D eigenvalue weighted by Gasteiger charge is 2.38. The number of hydrogen-bond acceptors (Lipinski definition) is 4. The van der Waals surface area contributed by atoms with E-state index in [4.69, 9.17) is 11.6 Å². The maximum absolute atomic E-state index is 14.2. The van der Waals surface area contributed by atoms with Crippen molar-refractivity contribution < 1.29 is 36.3 Å². The van der Waals surface area contributed by atoms with Crippen molar-refractivity contribution in [3.8, 4) is 0 Å². The van der Waals surface area contributed by atoms with E-state index in [-0.39, 0.29) is 44.9 Å². The van der Waals surface area contributed by atoms with Gasteiger partial charge in [0.1, 0.15) is 28.7 Å². The average molecular weight is 578 g/mol. The van der Waals surface area contributed by atoms with Crippen LogP contribution < -0.4 is 16.0 Å². The van der Waals surface area contributed by atoms with Gasteiger partial charge in [-0.3, -0.25) is 18.8 Å². The van der Waals surface area contributed by atoms with Crippen LogP contribution in [0.1, 0.15) is 61.0 Å². The lowest BCUT2D eigenvalue weighted by Gasteiger charge is -2.18. The van der Waals surface area contributed by atoms with Crippen LogP contribution in [0.25, 0.3) is 5.65 Å². The number of rotatable bonds is 5. The molecule has 4 aromatic rings. The first kappa shape index (κ1) is 27.1. The molecule has 0 saturated carbocycles. The number of alkyl halides is 3. The van der Waals surface area contributed by atoms with Crippen molar-refractivity contribution in [2.24, 2.45) is 0 Å². The fourth-order valence-electron chi connectivity index (χ4n) is 4.45. The second kappa shape index (κ2) is 9.90. The number of nitrogens with one attached hydrogen (secondary N) is 3. The van der Waals surface area contributed by atoms with Gasteiger partial charge in [-0.2, -0.15) is 13.2 Å². The maximum Gasteiger partial charge on any atom is 0.416 e. The summed E-state index contributed by atoms with van der Waals surface area (Å²) in [6.45, 7) is 1.98. The molecule has 0 bridgehead atoms. The van der Waals surface area contributed by atoms with Crippen LogP contribution in [0.5, 0.6) is 0 Å². The van der Waals surface area contributed by atoms with Crippen molar-refractivity contribution in [3.05, 3.63) is 99.0 Å². The number of carbonyl (C=O) groups excluding carboxylic acids is 3. The third-order valence-electron chi connectivity index (χ3n) is 6.15. The number of imidazole rings is 1. The lowest BCUT2D eigenvalue weighted by atomic mass is 9.98. The Kier molecular flexibility index (Phi) is 6.70. The Bertz CT molecular complexity index is 1720. The zero-order valence-electron chi connectivity index (χ0n) is 20.3. The molecule has 0 aliphatic carbocycles. The first-order valence-corrected chi connectivity index (χ1v) is 12.0. The minimum Gasteiger partial charge on any atom is -0.351 e. The van der Waals surface area contributed by atoms with E-state index in [9.17, 15) is 36.3 Å². The third-order valence-corrected chi connectivity index (χ3v) is 6.49. The fraction of sp³-hybridized carbons (Fsp3) is 0.154. The molecule has 40 heavy (non-hydrogen) atoms. The van der Waals surface area contributed by atoms with Gasteiger partial charge in [-0.15, -0.1) is 0 Å². The highest BCUT2D eigenvalue weighted by Crippen LogP contribution is 2.40. The molecule has 1 aliphatic rings. The first-order chi connectivity index (χ1) is 18.9. The van der Waals surface area contributed by atoms with Crippen molar-refractivity contribution in [2.45, 2.75) is 19.1 Å². The standard InChI is InChI=1S/C26H17ClF5N5O3/c1-2-33-24(39)18-10-37-19(34-18)9-17(35-23(38)11-5-12(26(30,31)32)7-14(29)6-11)20-21(36-25(40)22(20)37)15-8-13(28)3-4-16(15)27/h3-10,21H,2H2,1H3,(H,33,39)(H,35,38)(H,36,40). The van der Waals surface area contributed by atoms with Crippen molar-refractivity contribution in [2.75, 3.05) is 11.9 Å².